The smallest absolute Gasteiger partial charge is 0.242 e. The van der Waals surface area contributed by atoms with Crippen molar-refractivity contribution >= 4 is 10.0 Å². The second kappa shape index (κ2) is 6.48. The van der Waals surface area contributed by atoms with Gasteiger partial charge < -0.3 is 15.0 Å². The minimum atomic E-state index is -3.44. The van der Waals surface area contributed by atoms with E-state index in [1.807, 2.05) is 0 Å². The third-order valence-electron chi connectivity index (χ3n) is 3.77. The van der Waals surface area contributed by atoms with E-state index < -0.39 is 10.0 Å². The topological polar surface area (TPSA) is 83.2 Å². The molecule has 1 aromatic rings. The Morgan fingerprint density at radius 2 is 2.10 bits per heavy atom. The maximum absolute atomic E-state index is 12.1. The van der Waals surface area contributed by atoms with Gasteiger partial charge in [-0.3, -0.25) is 0 Å². The zero-order valence-electron chi connectivity index (χ0n) is 12.1. The summed E-state index contributed by atoms with van der Waals surface area (Å²) in [6.07, 6.45) is 6.46. The van der Waals surface area contributed by atoms with E-state index in [2.05, 4.69) is 15.0 Å². The summed E-state index contributed by atoms with van der Waals surface area (Å²) in [6.45, 7) is 2.18. The second-order valence-corrected chi connectivity index (χ2v) is 7.70. The summed E-state index contributed by atoms with van der Waals surface area (Å²) in [6, 6.07) is 2.29. The highest BCUT2D eigenvalue weighted by atomic mass is 32.2. The zero-order chi connectivity index (χ0) is 14.7. The maximum atomic E-state index is 12.1. The van der Waals surface area contributed by atoms with Crippen molar-refractivity contribution in [1.82, 2.24) is 15.0 Å². The number of rotatable bonds is 10. The number of aromatic nitrogens is 1. The molecule has 2 aliphatic rings. The molecule has 0 unspecified atom stereocenters. The van der Waals surface area contributed by atoms with Gasteiger partial charge in [0.15, 0.2) is 0 Å². The normalized spacial score (nSPS) is 19.0. The first-order valence-electron chi connectivity index (χ1n) is 7.61. The van der Waals surface area contributed by atoms with Gasteiger partial charge >= 0.3 is 0 Å². The van der Waals surface area contributed by atoms with Crippen LogP contribution in [-0.4, -0.2) is 39.2 Å². The number of ether oxygens (including phenoxy) is 1. The first-order chi connectivity index (χ1) is 10.1. The van der Waals surface area contributed by atoms with E-state index in [9.17, 15) is 8.42 Å². The minimum Gasteiger partial charge on any atom is -0.380 e. The van der Waals surface area contributed by atoms with Crippen LogP contribution in [0, 0.1) is 5.92 Å². The molecule has 6 nitrogen and oxygen atoms in total. The summed E-state index contributed by atoms with van der Waals surface area (Å²) >= 11 is 0. The van der Waals surface area contributed by atoms with Crippen molar-refractivity contribution in [3.63, 3.8) is 0 Å². The van der Waals surface area contributed by atoms with Crippen molar-refractivity contribution in [3.05, 3.63) is 18.0 Å². The van der Waals surface area contributed by atoms with Gasteiger partial charge in [0.1, 0.15) is 0 Å². The largest absolute Gasteiger partial charge is 0.380 e. The Morgan fingerprint density at radius 3 is 2.81 bits per heavy atom. The number of hydrogen-bond acceptors (Lipinski definition) is 4. The highest BCUT2D eigenvalue weighted by Gasteiger charge is 2.22. The van der Waals surface area contributed by atoms with Crippen LogP contribution in [0.4, 0.5) is 0 Å². The van der Waals surface area contributed by atoms with Crippen LogP contribution in [0.1, 0.15) is 31.4 Å². The lowest BCUT2D eigenvalue weighted by atomic mass is 10.4. The molecular weight excluding hydrogens is 290 g/mol. The summed E-state index contributed by atoms with van der Waals surface area (Å²) in [5.74, 6) is 0.702. The molecule has 0 atom stereocenters. The summed E-state index contributed by atoms with van der Waals surface area (Å²) in [5, 5.41) is 3.35. The van der Waals surface area contributed by atoms with E-state index in [0.717, 1.165) is 12.3 Å². The van der Waals surface area contributed by atoms with Crippen LogP contribution in [0.5, 0.6) is 0 Å². The van der Waals surface area contributed by atoms with Gasteiger partial charge in [-0.1, -0.05) is 0 Å². The molecule has 2 saturated carbocycles. The van der Waals surface area contributed by atoms with E-state index in [-0.39, 0.29) is 4.90 Å². The van der Waals surface area contributed by atoms with Crippen molar-refractivity contribution in [1.29, 1.82) is 0 Å². The molecule has 0 bridgehead atoms. The lowest BCUT2D eigenvalue weighted by molar-refractivity contribution is 0.129. The molecule has 7 heteroatoms. The molecule has 0 amide bonds. The van der Waals surface area contributed by atoms with Gasteiger partial charge in [-0.2, -0.15) is 0 Å². The summed E-state index contributed by atoms with van der Waals surface area (Å²) in [4.78, 5) is 3.30. The van der Waals surface area contributed by atoms with E-state index in [1.54, 1.807) is 6.07 Å². The van der Waals surface area contributed by atoms with Crippen molar-refractivity contribution in [3.8, 4) is 0 Å². The van der Waals surface area contributed by atoms with Crippen molar-refractivity contribution in [2.45, 2.75) is 43.2 Å². The fraction of sp³-hybridized carbons (Fsp3) is 0.714. The Kier molecular flexibility index (Phi) is 4.63. The van der Waals surface area contributed by atoms with E-state index in [1.165, 1.54) is 31.9 Å². The van der Waals surface area contributed by atoms with Gasteiger partial charge in [0.2, 0.25) is 10.0 Å². The molecule has 0 saturated heterocycles. The lowest BCUT2D eigenvalue weighted by Crippen LogP contribution is -2.27. The van der Waals surface area contributed by atoms with Crippen LogP contribution in [-0.2, 0) is 21.3 Å². The minimum absolute atomic E-state index is 0.289. The summed E-state index contributed by atoms with van der Waals surface area (Å²) in [5.41, 5.74) is 0.896. The van der Waals surface area contributed by atoms with Gasteiger partial charge in [0, 0.05) is 37.6 Å². The number of H-pyrrole nitrogens is 1. The first kappa shape index (κ1) is 15.0. The SMILES string of the molecule is O=S(=O)(NCCOCC1CC1)c1c[nH]c(CNC2CC2)c1. The third kappa shape index (κ3) is 4.81. The van der Waals surface area contributed by atoms with Crippen LogP contribution < -0.4 is 10.0 Å². The third-order valence-corrected chi connectivity index (χ3v) is 5.21. The molecule has 0 radical (unpaired) electrons. The second-order valence-electron chi connectivity index (χ2n) is 5.93. The highest BCUT2D eigenvalue weighted by molar-refractivity contribution is 7.89. The summed E-state index contributed by atoms with van der Waals surface area (Å²) in [7, 11) is -3.44. The van der Waals surface area contributed by atoms with Gasteiger partial charge in [0.05, 0.1) is 11.5 Å². The average molecular weight is 313 g/mol. The molecule has 118 valence electrons. The predicted octanol–water partition coefficient (Wildman–Crippen LogP) is 0.972. The van der Waals surface area contributed by atoms with Gasteiger partial charge in [-0.25, -0.2) is 13.1 Å². The Balaban J connectivity index is 1.41. The molecule has 0 spiro atoms. The van der Waals surface area contributed by atoms with Gasteiger partial charge in [0.25, 0.3) is 0 Å². The standard InChI is InChI=1S/C14H23N3O3S/c18-21(19,17-5-6-20-10-11-1-2-11)14-7-13(16-9-14)8-15-12-3-4-12/h7,9,11-12,15-17H,1-6,8,10H2. The Hall–Kier alpha value is -0.890. The Bertz CT molecular complexity index is 562. The molecule has 1 heterocycles. The maximum Gasteiger partial charge on any atom is 0.242 e. The fourth-order valence-corrected chi connectivity index (χ4v) is 3.11. The van der Waals surface area contributed by atoms with Crippen molar-refractivity contribution in [2.75, 3.05) is 19.8 Å². The van der Waals surface area contributed by atoms with Gasteiger partial charge in [-0.05, 0) is 37.7 Å². The number of aromatic amines is 1. The van der Waals surface area contributed by atoms with Crippen LogP contribution in [0.3, 0.4) is 0 Å². The number of nitrogens with one attached hydrogen (secondary N) is 3. The van der Waals surface area contributed by atoms with E-state index >= 15 is 0 Å². The molecule has 21 heavy (non-hydrogen) atoms. The highest BCUT2D eigenvalue weighted by Crippen LogP contribution is 2.28. The van der Waals surface area contributed by atoms with E-state index in [0.29, 0.717) is 31.7 Å². The molecule has 0 aromatic carbocycles. The monoisotopic (exact) mass is 313 g/mol. The van der Waals surface area contributed by atoms with Crippen LogP contribution >= 0.6 is 0 Å². The fourth-order valence-electron chi connectivity index (χ4n) is 2.08. The lowest BCUT2D eigenvalue weighted by Gasteiger charge is -2.05. The Labute approximate surface area is 125 Å². The van der Waals surface area contributed by atoms with Crippen LogP contribution in [0.2, 0.25) is 0 Å². The molecule has 3 N–H and O–H groups in total. The molecule has 2 aliphatic carbocycles. The van der Waals surface area contributed by atoms with Crippen LogP contribution in [0.25, 0.3) is 0 Å². The van der Waals surface area contributed by atoms with Crippen molar-refractivity contribution < 1.29 is 13.2 Å². The Morgan fingerprint density at radius 1 is 1.29 bits per heavy atom. The molecular formula is C14H23N3O3S. The molecule has 1 aromatic heterocycles. The molecule has 2 fully saturated rings. The first-order valence-corrected chi connectivity index (χ1v) is 9.10. The zero-order valence-corrected chi connectivity index (χ0v) is 12.9. The number of sulfonamides is 1. The van der Waals surface area contributed by atoms with E-state index in [4.69, 9.17) is 4.74 Å². The number of hydrogen-bond donors (Lipinski definition) is 3. The predicted molar refractivity (Wildman–Crippen MR) is 79.4 cm³/mol. The van der Waals surface area contributed by atoms with Crippen molar-refractivity contribution in [2.24, 2.45) is 5.92 Å². The average Bonchev–Trinajstić information content (AvgIpc) is 3.37. The molecule has 0 aliphatic heterocycles. The summed E-state index contributed by atoms with van der Waals surface area (Å²) < 4.78 is 32.2. The van der Waals surface area contributed by atoms with Gasteiger partial charge in [-0.15, -0.1) is 0 Å². The van der Waals surface area contributed by atoms with Crippen LogP contribution in [0.15, 0.2) is 17.2 Å². The quantitative estimate of drug-likeness (QED) is 0.562. The molecule has 3 rings (SSSR count).